The number of rotatable bonds is 10. The Balaban J connectivity index is 2.09. The van der Waals surface area contributed by atoms with Crippen molar-refractivity contribution in [3.05, 3.63) is 88.0 Å². The first-order valence-corrected chi connectivity index (χ1v) is 9.65. The molecule has 184 valence electrons. The maximum Gasteiger partial charge on any atom is 0.289 e. The van der Waals surface area contributed by atoms with Crippen molar-refractivity contribution in [3.8, 4) is 0 Å². The molecule has 0 heterocycles. The molecule has 16 heteroatoms. The van der Waals surface area contributed by atoms with Gasteiger partial charge in [0.2, 0.25) is 0 Å². The minimum absolute atomic E-state index is 0.109. The van der Waals surface area contributed by atoms with E-state index in [1.54, 1.807) is 13.8 Å². The normalized spacial score (nSPS) is 10.8. The Labute approximate surface area is 195 Å². The lowest BCUT2D eigenvalue weighted by Crippen LogP contribution is -2.42. The molecule has 0 aliphatic carbocycles. The molecule has 0 fully saturated rings. The van der Waals surface area contributed by atoms with Crippen LogP contribution in [-0.4, -0.2) is 44.6 Å². The average molecular weight is 490 g/mol. The summed E-state index contributed by atoms with van der Waals surface area (Å²) in [5.74, 6) is -1.76. The fraction of sp³-hybridized carbons (Fsp3) is 0.263. The molecular formula is C19H18N6O10. The van der Waals surface area contributed by atoms with Crippen molar-refractivity contribution in [2.75, 3.05) is 13.1 Å². The molecule has 0 spiro atoms. The summed E-state index contributed by atoms with van der Waals surface area (Å²) in [5.41, 5.74) is -4.28. The molecule has 2 rings (SSSR count). The van der Waals surface area contributed by atoms with E-state index in [1.165, 1.54) is 0 Å². The van der Waals surface area contributed by atoms with Crippen molar-refractivity contribution in [3.63, 3.8) is 0 Å². The van der Waals surface area contributed by atoms with Crippen molar-refractivity contribution in [2.45, 2.75) is 13.8 Å². The third-order valence-electron chi connectivity index (χ3n) is 4.72. The zero-order valence-electron chi connectivity index (χ0n) is 18.2. The second-order valence-corrected chi connectivity index (χ2v) is 7.96. The van der Waals surface area contributed by atoms with Gasteiger partial charge in [0.15, 0.2) is 0 Å². The van der Waals surface area contributed by atoms with Gasteiger partial charge in [0, 0.05) is 25.2 Å². The number of nitrogens with one attached hydrogen (secondary N) is 2. The topological polar surface area (TPSA) is 231 Å². The number of hydrogen-bond acceptors (Lipinski definition) is 10. The second kappa shape index (κ2) is 10.3. The van der Waals surface area contributed by atoms with Crippen molar-refractivity contribution < 1.29 is 29.3 Å². The number of amides is 2. The van der Waals surface area contributed by atoms with Gasteiger partial charge in [0.25, 0.3) is 34.6 Å². The monoisotopic (exact) mass is 490 g/mol. The minimum atomic E-state index is -0.926. The van der Waals surface area contributed by atoms with Crippen LogP contribution in [0.2, 0.25) is 0 Å². The van der Waals surface area contributed by atoms with Gasteiger partial charge < -0.3 is 10.6 Å². The van der Waals surface area contributed by atoms with E-state index < -0.39 is 70.8 Å². The van der Waals surface area contributed by atoms with Gasteiger partial charge in [0.05, 0.1) is 31.8 Å². The Kier molecular flexibility index (Phi) is 7.70. The number of nitrogens with zero attached hydrogens (tertiary/aromatic N) is 4. The number of hydrogen-bond donors (Lipinski definition) is 2. The first-order valence-electron chi connectivity index (χ1n) is 9.65. The summed E-state index contributed by atoms with van der Waals surface area (Å²) in [7, 11) is 0. The largest absolute Gasteiger partial charge is 0.351 e. The molecule has 0 aromatic heterocycles. The molecule has 0 atom stereocenters. The van der Waals surface area contributed by atoms with Crippen LogP contribution in [0, 0.1) is 45.9 Å². The number of carbonyl (C=O) groups is 2. The molecule has 0 aliphatic heterocycles. The van der Waals surface area contributed by atoms with E-state index in [0.29, 0.717) is 12.1 Å². The van der Waals surface area contributed by atoms with E-state index in [2.05, 4.69) is 10.6 Å². The maximum atomic E-state index is 12.5. The quantitative estimate of drug-likeness (QED) is 0.365. The van der Waals surface area contributed by atoms with Crippen LogP contribution in [-0.2, 0) is 0 Å². The first kappa shape index (κ1) is 26.2. The molecule has 2 aromatic rings. The molecular weight excluding hydrogens is 472 g/mol. The average Bonchev–Trinajstić information content (AvgIpc) is 2.80. The van der Waals surface area contributed by atoms with Gasteiger partial charge in [-0.1, -0.05) is 13.8 Å². The van der Waals surface area contributed by atoms with Gasteiger partial charge in [-0.25, -0.2) is 0 Å². The summed E-state index contributed by atoms with van der Waals surface area (Å²) < 4.78 is 0. The van der Waals surface area contributed by atoms with Crippen LogP contribution in [0.5, 0.6) is 0 Å². The third kappa shape index (κ3) is 6.50. The van der Waals surface area contributed by atoms with Crippen molar-refractivity contribution >= 4 is 34.6 Å². The highest BCUT2D eigenvalue weighted by atomic mass is 16.6. The van der Waals surface area contributed by atoms with Crippen LogP contribution in [0.1, 0.15) is 34.6 Å². The first-order chi connectivity index (χ1) is 16.2. The standard InChI is InChI=1S/C19H18N6O10/c1-19(2,9-20-17(26)13-5-3-11(22(28)29)7-15(13)24(32)33)10-21-18(27)14-6-4-12(23(30)31)8-16(14)25(34)35/h3-8H,9-10H2,1-2H3,(H,20,26)(H,21,27). The molecule has 0 radical (unpaired) electrons. The molecule has 16 nitrogen and oxygen atoms in total. The number of benzene rings is 2. The summed E-state index contributed by atoms with van der Waals surface area (Å²) >= 11 is 0. The van der Waals surface area contributed by atoms with Gasteiger partial charge in [-0.15, -0.1) is 0 Å². The molecule has 0 saturated carbocycles. The Morgan fingerprint density at radius 1 is 0.686 bits per heavy atom. The third-order valence-corrected chi connectivity index (χ3v) is 4.72. The van der Waals surface area contributed by atoms with E-state index in [4.69, 9.17) is 0 Å². The van der Waals surface area contributed by atoms with Crippen molar-refractivity contribution in [1.29, 1.82) is 0 Å². The highest BCUT2D eigenvalue weighted by Crippen LogP contribution is 2.26. The minimum Gasteiger partial charge on any atom is -0.351 e. The Hall–Kier alpha value is -5.02. The Morgan fingerprint density at radius 3 is 1.31 bits per heavy atom. The van der Waals surface area contributed by atoms with Crippen LogP contribution < -0.4 is 10.6 Å². The van der Waals surface area contributed by atoms with Crippen LogP contribution in [0.4, 0.5) is 22.7 Å². The molecule has 2 N–H and O–H groups in total. The number of non-ortho nitro benzene ring substituents is 2. The van der Waals surface area contributed by atoms with Crippen LogP contribution in [0.3, 0.4) is 0 Å². The van der Waals surface area contributed by atoms with E-state index in [-0.39, 0.29) is 13.1 Å². The van der Waals surface area contributed by atoms with Gasteiger partial charge in [-0.2, -0.15) is 0 Å². The van der Waals surface area contributed by atoms with E-state index in [1.807, 2.05) is 0 Å². The Bertz CT molecular complexity index is 1150. The molecule has 35 heavy (non-hydrogen) atoms. The molecule has 2 amide bonds. The van der Waals surface area contributed by atoms with Gasteiger partial charge >= 0.3 is 0 Å². The van der Waals surface area contributed by atoms with Crippen molar-refractivity contribution in [1.82, 2.24) is 10.6 Å². The van der Waals surface area contributed by atoms with Crippen LogP contribution >= 0.6 is 0 Å². The molecule has 0 saturated heterocycles. The van der Waals surface area contributed by atoms with E-state index in [9.17, 15) is 50.0 Å². The van der Waals surface area contributed by atoms with E-state index in [0.717, 1.165) is 24.3 Å². The second-order valence-electron chi connectivity index (χ2n) is 7.96. The van der Waals surface area contributed by atoms with Crippen LogP contribution in [0.15, 0.2) is 36.4 Å². The summed E-state index contributed by atoms with van der Waals surface area (Å²) in [5, 5.41) is 49.0. The smallest absolute Gasteiger partial charge is 0.289 e. The van der Waals surface area contributed by atoms with Gasteiger partial charge in [0.1, 0.15) is 11.1 Å². The molecule has 2 aromatic carbocycles. The van der Waals surface area contributed by atoms with Crippen LogP contribution in [0.25, 0.3) is 0 Å². The predicted octanol–water partition coefficient (Wildman–Crippen LogP) is 2.51. The highest BCUT2D eigenvalue weighted by Gasteiger charge is 2.28. The lowest BCUT2D eigenvalue weighted by molar-refractivity contribution is -0.394. The predicted molar refractivity (Wildman–Crippen MR) is 118 cm³/mol. The summed E-state index contributed by atoms with van der Waals surface area (Å²) in [6.45, 7) is 3.01. The van der Waals surface area contributed by atoms with Gasteiger partial charge in [-0.3, -0.25) is 50.0 Å². The fourth-order valence-corrected chi connectivity index (χ4v) is 2.85. The lowest BCUT2D eigenvalue weighted by atomic mass is 9.93. The zero-order valence-corrected chi connectivity index (χ0v) is 18.2. The zero-order chi connectivity index (χ0) is 26.5. The highest BCUT2D eigenvalue weighted by molar-refractivity contribution is 5.99. The van der Waals surface area contributed by atoms with E-state index >= 15 is 0 Å². The fourth-order valence-electron chi connectivity index (χ4n) is 2.85. The molecule has 0 bridgehead atoms. The number of nitro groups is 4. The molecule has 0 unspecified atom stereocenters. The SMILES string of the molecule is CC(C)(CNC(=O)c1ccc([N+](=O)[O-])cc1[N+](=O)[O-])CNC(=O)c1ccc([N+](=O)[O-])cc1[N+](=O)[O-]. The number of carbonyl (C=O) groups excluding carboxylic acids is 2. The van der Waals surface area contributed by atoms with Crippen molar-refractivity contribution in [2.24, 2.45) is 5.41 Å². The maximum absolute atomic E-state index is 12.5. The summed E-state index contributed by atoms with van der Waals surface area (Å²) in [4.78, 5) is 65.5. The number of nitro benzene ring substituents is 4. The summed E-state index contributed by atoms with van der Waals surface area (Å²) in [6.07, 6.45) is 0. The Morgan fingerprint density at radius 2 is 1.03 bits per heavy atom. The molecule has 0 aliphatic rings. The summed E-state index contributed by atoms with van der Waals surface area (Å²) in [6, 6.07) is 5.13. The van der Waals surface area contributed by atoms with Gasteiger partial charge in [-0.05, 0) is 17.5 Å². The lowest BCUT2D eigenvalue weighted by Gasteiger charge is -2.25.